The molecule has 1 aromatic carbocycles. The third-order valence-electron chi connectivity index (χ3n) is 6.64. The number of hydrogen-bond donors (Lipinski definition) is 1. The van der Waals surface area contributed by atoms with Crippen LogP contribution in [0, 0.1) is 6.92 Å². The third kappa shape index (κ3) is 3.22. The molecule has 2 aliphatic rings. The number of aryl methyl sites for hydroxylation is 1. The molecule has 1 N–H and O–H groups in total. The molecule has 5 heteroatoms. The molecule has 1 saturated carbocycles. The van der Waals surface area contributed by atoms with E-state index in [0.717, 1.165) is 43.4 Å². The molecular formula is C24H29N3O2. The quantitative estimate of drug-likeness (QED) is 0.823. The predicted octanol–water partition coefficient (Wildman–Crippen LogP) is 4.68. The van der Waals surface area contributed by atoms with E-state index in [0.29, 0.717) is 11.4 Å². The minimum absolute atomic E-state index is 0.0644. The first-order valence-electron chi connectivity index (χ1n) is 10.6. The molecule has 2 unspecified atom stereocenters. The van der Waals surface area contributed by atoms with E-state index in [2.05, 4.69) is 24.1 Å². The fraction of sp³-hybridized carbons (Fsp3) is 0.458. The lowest BCUT2D eigenvalue weighted by molar-refractivity contribution is -0.121. The summed E-state index contributed by atoms with van der Waals surface area (Å²) < 4.78 is 0. The van der Waals surface area contributed by atoms with Crippen LogP contribution in [0.25, 0.3) is 0 Å². The second kappa shape index (κ2) is 7.62. The number of anilines is 1. The molecule has 1 aliphatic heterocycles. The Morgan fingerprint density at radius 3 is 2.62 bits per heavy atom. The van der Waals surface area contributed by atoms with Gasteiger partial charge in [0.2, 0.25) is 5.91 Å². The molecule has 0 saturated heterocycles. The van der Waals surface area contributed by atoms with Crippen molar-refractivity contribution in [1.29, 1.82) is 0 Å². The maximum Gasteiger partial charge on any atom is 0.254 e. The van der Waals surface area contributed by atoms with Crippen molar-refractivity contribution in [3.63, 3.8) is 0 Å². The van der Waals surface area contributed by atoms with Crippen molar-refractivity contribution in [2.24, 2.45) is 0 Å². The summed E-state index contributed by atoms with van der Waals surface area (Å²) in [6, 6.07) is 13.3. The molecule has 29 heavy (non-hydrogen) atoms. The number of nitrogens with zero attached hydrogens (tertiary/aromatic N) is 2. The molecule has 5 nitrogen and oxygen atoms in total. The highest BCUT2D eigenvalue weighted by atomic mass is 16.2. The molecule has 0 radical (unpaired) electrons. The Morgan fingerprint density at radius 2 is 1.93 bits per heavy atom. The van der Waals surface area contributed by atoms with Gasteiger partial charge >= 0.3 is 0 Å². The van der Waals surface area contributed by atoms with Gasteiger partial charge in [0.1, 0.15) is 5.82 Å². The Hall–Kier alpha value is -2.69. The maximum absolute atomic E-state index is 13.7. The first-order valence-corrected chi connectivity index (χ1v) is 10.6. The van der Waals surface area contributed by atoms with Gasteiger partial charge in [-0.1, -0.05) is 44.0 Å². The number of nitrogens with one attached hydrogen (secondary N) is 1. The van der Waals surface area contributed by atoms with Crippen LogP contribution < -0.4 is 5.32 Å². The summed E-state index contributed by atoms with van der Waals surface area (Å²) in [7, 11) is 0. The normalized spacial score (nSPS) is 21.1. The van der Waals surface area contributed by atoms with Gasteiger partial charge in [0.15, 0.2) is 0 Å². The zero-order chi connectivity index (χ0) is 20.6. The summed E-state index contributed by atoms with van der Waals surface area (Å²) in [6.07, 6.45) is 4.65. The minimum atomic E-state index is -0.464. The van der Waals surface area contributed by atoms with E-state index in [-0.39, 0.29) is 17.9 Å². The van der Waals surface area contributed by atoms with Gasteiger partial charge in [-0.3, -0.25) is 9.59 Å². The lowest BCUT2D eigenvalue weighted by atomic mass is 9.70. The van der Waals surface area contributed by atoms with E-state index < -0.39 is 11.5 Å². The molecule has 0 bridgehead atoms. The summed E-state index contributed by atoms with van der Waals surface area (Å²) in [4.78, 5) is 33.7. The van der Waals surface area contributed by atoms with Crippen molar-refractivity contribution >= 4 is 17.6 Å². The van der Waals surface area contributed by atoms with Crippen LogP contribution in [-0.2, 0) is 4.79 Å². The second-order valence-electron chi connectivity index (χ2n) is 8.42. The Morgan fingerprint density at radius 1 is 1.21 bits per heavy atom. The van der Waals surface area contributed by atoms with E-state index in [4.69, 9.17) is 0 Å². The van der Waals surface area contributed by atoms with Crippen LogP contribution in [0.15, 0.2) is 42.5 Å². The molecule has 2 atom stereocenters. The molecule has 152 valence electrons. The van der Waals surface area contributed by atoms with E-state index in [9.17, 15) is 9.59 Å². The standard InChI is InChI=1S/C24H29N3O2/c1-4-17(3)27-23(29)19-12-6-5-11-18(19)21(24(27)14-7-8-15-24)22(28)26-20-13-9-10-16(2)25-20/h5-6,9-13,17,21H,4,7-8,14-15H2,1-3H3,(H,25,26,28). The average molecular weight is 392 g/mol. The lowest BCUT2D eigenvalue weighted by Gasteiger charge is -2.52. The monoisotopic (exact) mass is 391 g/mol. The molecule has 1 aromatic heterocycles. The van der Waals surface area contributed by atoms with Crippen LogP contribution in [0.1, 0.15) is 73.5 Å². The van der Waals surface area contributed by atoms with Gasteiger partial charge in [0, 0.05) is 17.3 Å². The number of amides is 2. The average Bonchev–Trinajstić information content (AvgIpc) is 3.17. The zero-order valence-electron chi connectivity index (χ0n) is 17.4. The Balaban J connectivity index is 1.83. The summed E-state index contributed by atoms with van der Waals surface area (Å²) in [5, 5.41) is 3.05. The molecule has 1 aliphatic carbocycles. The SMILES string of the molecule is CCC(C)N1C(=O)c2ccccc2C(C(=O)Nc2cccc(C)n2)C12CCCC2. The number of fused-ring (bicyclic) bond motifs is 1. The molecule has 2 amide bonds. The van der Waals surface area contributed by atoms with Gasteiger partial charge in [0.25, 0.3) is 5.91 Å². The summed E-state index contributed by atoms with van der Waals surface area (Å²) in [5.41, 5.74) is 1.90. The molecule has 4 rings (SSSR count). The molecular weight excluding hydrogens is 362 g/mol. The van der Waals surface area contributed by atoms with E-state index >= 15 is 0 Å². The van der Waals surface area contributed by atoms with Crippen molar-refractivity contribution in [3.05, 3.63) is 59.3 Å². The smallest absolute Gasteiger partial charge is 0.254 e. The molecule has 2 aromatic rings. The summed E-state index contributed by atoms with van der Waals surface area (Å²) in [5.74, 6) is 0.163. The highest BCUT2D eigenvalue weighted by Gasteiger charge is 2.56. The summed E-state index contributed by atoms with van der Waals surface area (Å²) in [6.45, 7) is 6.11. The third-order valence-corrected chi connectivity index (χ3v) is 6.64. The fourth-order valence-corrected chi connectivity index (χ4v) is 5.24. The van der Waals surface area contributed by atoms with Gasteiger partial charge in [-0.15, -0.1) is 0 Å². The molecule has 2 heterocycles. The van der Waals surface area contributed by atoms with E-state index in [1.807, 2.05) is 54.3 Å². The Labute approximate surface area is 172 Å². The first-order chi connectivity index (χ1) is 14.0. The van der Waals surface area contributed by atoms with Crippen LogP contribution >= 0.6 is 0 Å². The highest BCUT2D eigenvalue weighted by molar-refractivity contribution is 6.05. The minimum Gasteiger partial charge on any atom is -0.329 e. The number of carbonyl (C=O) groups is 2. The van der Waals surface area contributed by atoms with Gasteiger partial charge in [-0.05, 0) is 56.9 Å². The van der Waals surface area contributed by atoms with Gasteiger partial charge in [0.05, 0.1) is 11.5 Å². The number of benzene rings is 1. The van der Waals surface area contributed by atoms with Crippen LogP contribution in [0.2, 0.25) is 0 Å². The number of rotatable bonds is 4. The first kappa shape index (κ1) is 19.6. The number of aromatic nitrogens is 1. The summed E-state index contributed by atoms with van der Waals surface area (Å²) >= 11 is 0. The topological polar surface area (TPSA) is 62.3 Å². The van der Waals surface area contributed by atoms with Crippen LogP contribution in [0.5, 0.6) is 0 Å². The largest absolute Gasteiger partial charge is 0.329 e. The highest BCUT2D eigenvalue weighted by Crippen LogP contribution is 2.51. The van der Waals surface area contributed by atoms with E-state index in [1.54, 1.807) is 0 Å². The fourth-order valence-electron chi connectivity index (χ4n) is 5.24. The zero-order valence-corrected chi connectivity index (χ0v) is 17.4. The van der Waals surface area contributed by atoms with Gasteiger partial charge in [-0.2, -0.15) is 0 Å². The van der Waals surface area contributed by atoms with Gasteiger partial charge in [-0.25, -0.2) is 4.98 Å². The Bertz CT molecular complexity index is 933. The predicted molar refractivity (Wildman–Crippen MR) is 114 cm³/mol. The van der Waals surface area contributed by atoms with Crippen molar-refractivity contribution in [2.45, 2.75) is 70.4 Å². The van der Waals surface area contributed by atoms with E-state index in [1.165, 1.54) is 0 Å². The molecule has 1 fully saturated rings. The van der Waals surface area contributed by atoms with Crippen LogP contribution in [0.4, 0.5) is 5.82 Å². The number of hydrogen-bond acceptors (Lipinski definition) is 3. The van der Waals surface area contributed by atoms with Gasteiger partial charge < -0.3 is 10.2 Å². The van der Waals surface area contributed by atoms with Crippen molar-refractivity contribution in [1.82, 2.24) is 9.88 Å². The van der Waals surface area contributed by atoms with Crippen molar-refractivity contribution in [3.8, 4) is 0 Å². The van der Waals surface area contributed by atoms with Crippen LogP contribution in [0.3, 0.4) is 0 Å². The maximum atomic E-state index is 13.7. The number of pyridine rings is 1. The molecule has 1 spiro atoms. The van der Waals surface area contributed by atoms with Crippen molar-refractivity contribution < 1.29 is 9.59 Å². The van der Waals surface area contributed by atoms with Crippen molar-refractivity contribution in [2.75, 3.05) is 5.32 Å². The lowest BCUT2D eigenvalue weighted by Crippen LogP contribution is -2.62. The second-order valence-corrected chi connectivity index (χ2v) is 8.42. The van der Waals surface area contributed by atoms with Crippen LogP contribution in [-0.4, -0.2) is 33.3 Å². The number of carbonyl (C=O) groups excluding carboxylic acids is 2. The Kier molecular flexibility index (Phi) is 5.15.